The van der Waals surface area contributed by atoms with E-state index in [1.54, 1.807) is 0 Å². The van der Waals surface area contributed by atoms with Gasteiger partial charge in [0, 0.05) is 32.9 Å². The topological polar surface area (TPSA) is 9.86 Å². The van der Waals surface area contributed by atoms with Gasteiger partial charge in [0.1, 0.15) is 0 Å². The normalized spacial score (nSPS) is 11.7. The van der Waals surface area contributed by atoms with Crippen molar-refractivity contribution < 1.29 is 0 Å². The van der Waals surface area contributed by atoms with Crippen molar-refractivity contribution in [2.75, 3.05) is 0 Å². The molecule has 190 valence electrons. The standard InChI is InChI=1S/C38H28N2/c1-26-16-19-32-33-20-17-28(25-38(33)40(37(32)22-26)30-12-6-3-7-13-30)23-27-18-21-36-34(24-27)31-14-8-9-15-35(31)39(36)29-10-4-2-5-11-29/h2-22,24-25H,23H2,1H3. The summed E-state index contributed by atoms with van der Waals surface area (Å²) in [6.45, 7) is 2.17. The molecule has 8 aromatic rings. The molecule has 0 saturated carbocycles. The summed E-state index contributed by atoms with van der Waals surface area (Å²) >= 11 is 0. The first kappa shape index (κ1) is 22.9. The Labute approximate surface area is 233 Å². The number of benzene rings is 6. The Balaban J connectivity index is 1.28. The number of rotatable bonds is 4. The second kappa shape index (κ2) is 9.00. The maximum absolute atomic E-state index is 2.41. The molecule has 0 N–H and O–H groups in total. The summed E-state index contributed by atoms with van der Waals surface area (Å²) in [6, 6.07) is 50.9. The van der Waals surface area contributed by atoms with E-state index in [2.05, 4.69) is 156 Å². The van der Waals surface area contributed by atoms with Gasteiger partial charge in [-0.15, -0.1) is 0 Å². The molecule has 2 aromatic heterocycles. The highest BCUT2D eigenvalue weighted by atomic mass is 15.0. The smallest absolute Gasteiger partial charge is 0.0543 e. The van der Waals surface area contributed by atoms with Gasteiger partial charge >= 0.3 is 0 Å². The Morgan fingerprint density at radius 2 is 0.925 bits per heavy atom. The molecule has 8 rings (SSSR count). The Hall–Kier alpha value is -5.08. The first-order chi connectivity index (χ1) is 19.7. The maximum atomic E-state index is 2.41. The quantitative estimate of drug-likeness (QED) is 0.222. The van der Waals surface area contributed by atoms with Crippen LogP contribution in [0.2, 0.25) is 0 Å². The third-order valence-electron chi connectivity index (χ3n) is 8.16. The molecular formula is C38H28N2. The van der Waals surface area contributed by atoms with Gasteiger partial charge in [-0.3, -0.25) is 0 Å². The van der Waals surface area contributed by atoms with Gasteiger partial charge in [-0.1, -0.05) is 84.9 Å². The summed E-state index contributed by atoms with van der Waals surface area (Å²) in [7, 11) is 0. The third-order valence-corrected chi connectivity index (χ3v) is 8.16. The molecular weight excluding hydrogens is 484 g/mol. The van der Waals surface area contributed by atoms with Gasteiger partial charge in [0.05, 0.1) is 22.1 Å². The van der Waals surface area contributed by atoms with Crippen LogP contribution >= 0.6 is 0 Å². The summed E-state index contributed by atoms with van der Waals surface area (Å²) < 4.78 is 4.79. The molecule has 0 aliphatic carbocycles. The molecule has 0 atom stereocenters. The first-order valence-corrected chi connectivity index (χ1v) is 13.9. The van der Waals surface area contributed by atoms with Crippen LogP contribution in [-0.4, -0.2) is 9.13 Å². The van der Waals surface area contributed by atoms with Crippen LogP contribution in [0.15, 0.2) is 140 Å². The summed E-state index contributed by atoms with van der Waals surface area (Å²) in [5.74, 6) is 0. The molecule has 0 radical (unpaired) electrons. The summed E-state index contributed by atoms with van der Waals surface area (Å²) in [4.78, 5) is 0. The Bertz CT molecular complexity index is 2180. The van der Waals surface area contributed by atoms with Crippen molar-refractivity contribution in [3.63, 3.8) is 0 Å². The monoisotopic (exact) mass is 512 g/mol. The molecule has 40 heavy (non-hydrogen) atoms. The predicted molar refractivity (Wildman–Crippen MR) is 169 cm³/mol. The van der Waals surface area contributed by atoms with Crippen molar-refractivity contribution in [2.45, 2.75) is 13.3 Å². The third kappa shape index (κ3) is 3.57. The van der Waals surface area contributed by atoms with Crippen molar-refractivity contribution in [3.8, 4) is 11.4 Å². The predicted octanol–water partition coefficient (Wildman–Crippen LogP) is 9.78. The largest absolute Gasteiger partial charge is 0.309 e. The highest BCUT2D eigenvalue weighted by Crippen LogP contribution is 2.35. The molecule has 2 heterocycles. The van der Waals surface area contributed by atoms with Gasteiger partial charge in [0.2, 0.25) is 0 Å². The van der Waals surface area contributed by atoms with E-state index >= 15 is 0 Å². The molecule has 0 bridgehead atoms. The minimum Gasteiger partial charge on any atom is -0.309 e. The van der Waals surface area contributed by atoms with Gasteiger partial charge in [-0.2, -0.15) is 0 Å². The highest BCUT2D eigenvalue weighted by Gasteiger charge is 2.15. The number of fused-ring (bicyclic) bond motifs is 6. The lowest BCUT2D eigenvalue weighted by Gasteiger charge is -2.10. The van der Waals surface area contributed by atoms with E-state index in [9.17, 15) is 0 Å². The average Bonchev–Trinajstić information content (AvgIpc) is 3.49. The number of hydrogen-bond acceptors (Lipinski definition) is 0. The maximum Gasteiger partial charge on any atom is 0.0543 e. The lowest BCUT2D eigenvalue weighted by molar-refractivity contribution is 1.15. The molecule has 6 aromatic carbocycles. The molecule has 0 amide bonds. The molecule has 2 nitrogen and oxygen atoms in total. The fourth-order valence-electron chi connectivity index (χ4n) is 6.36. The van der Waals surface area contributed by atoms with E-state index < -0.39 is 0 Å². The van der Waals surface area contributed by atoms with Gasteiger partial charge in [0.25, 0.3) is 0 Å². The molecule has 0 unspecified atom stereocenters. The second-order valence-corrected chi connectivity index (χ2v) is 10.8. The van der Waals surface area contributed by atoms with E-state index in [1.165, 1.54) is 71.7 Å². The van der Waals surface area contributed by atoms with Crippen molar-refractivity contribution in [3.05, 3.63) is 156 Å². The minimum absolute atomic E-state index is 0.881. The zero-order valence-corrected chi connectivity index (χ0v) is 22.4. The number of hydrogen-bond donors (Lipinski definition) is 0. The van der Waals surface area contributed by atoms with Crippen molar-refractivity contribution >= 4 is 43.6 Å². The van der Waals surface area contributed by atoms with Crippen LogP contribution in [0, 0.1) is 6.92 Å². The van der Waals surface area contributed by atoms with Crippen LogP contribution in [0.1, 0.15) is 16.7 Å². The van der Waals surface area contributed by atoms with Crippen LogP contribution in [0.25, 0.3) is 55.0 Å². The van der Waals surface area contributed by atoms with Crippen LogP contribution < -0.4 is 0 Å². The highest BCUT2D eigenvalue weighted by molar-refractivity contribution is 6.10. The molecule has 0 fully saturated rings. The second-order valence-electron chi connectivity index (χ2n) is 10.8. The Morgan fingerprint density at radius 3 is 1.68 bits per heavy atom. The fourth-order valence-corrected chi connectivity index (χ4v) is 6.36. The summed E-state index contributed by atoms with van der Waals surface area (Å²) in [5, 5.41) is 5.18. The van der Waals surface area contributed by atoms with Crippen LogP contribution in [0.3, 0.4) is 0 Å². The molecule has 0 aliphatic rings. The number of aromatic nitrogens is 2. The molecule has 0 aliphatic heterocycles. The van der Waals surface area contributed by atoms with E-state index in [4.69, 9.17) is 0 Å². The van der Waals surface area contributed by atoms with E-state index in [0.29, 0.717) is 0 Å². The summed E-state index contributed by atoms with van der Waals surface area (Å²) in [6.07, 6.45) is 0.881. The SMILES string of the molecule is Cc1ccc2c3ccc(Cc4ccc5c(c4)c4ccccc4n5-c4ccccc4)cc3n(-c3ccccc3)c2c1. The first-order valence-electron chi connectivity index (χ1n) is 13.9. The molecule has 0 spiro atoms. The van der Waals surface area contributed by atoms with Crippen molar-refractivity contribution in [2.24, 2.45) is 0 Å². The van der Waals surface area contributed by atoms with E-state index in [1.807, 2.05) is 0 Å². The lowest BCUT2D eigenvalue weighted by Crippen LogP contribution is -1.95. The van der Waals surface area contributed by atoms with E-state index in [-0.39, 0.29) is 0 Å². The Kier molecular flexibility index (Phi) is 5.14. The van der Waals surface area contributed by atoms with Crippen molar-refractivity contribution in [1.82, 2.24) is 9.13 Å². The zero-order valence-electron chi connectivity index (χ0n) is 22.4. The summed E-state index contributed by atoms with van der Waals surface area (Å²) in [5.41, 5.74) is 11.3. The fraction of sp³-hybridized carbons (Fsp3) is 0.0526. The average molecular weight is 513 g/mol. The number of aryl methyl sites for hydroxylation is 1. The lowest BCUT2D eigenvalue weighted by atomic mass is 10.0. The Morgan fingerprint density at radius 1 is 0.400 bits per heavy atom. The minimum atomic E-state index is 0.881. The number of para-hydroxylation sites is 3. The van der Waals surface area contributed by atoms with E-state index in [0.717, 1.165) is 6.42 Å². The van der Waals surface area contributed by atoms with Crippen LogP contribution in [0.4, 0.5) is 0 Å². The zero-order chi connectivity index (χ0) is 26.6. The molecule has 2 heteroatoms. The van der Waals surface area contributed by atoms with Crippen molar-refractivity contribution in [1.29, 1.82) is 0 Å². The van der Waals surface area contributed by atoms with Gasteiger partial charge in [-0.05, 0) is 84.6 Å². The molecule has 0 saturated heterocycles. The number of nitrogens with zero attached hydrogens (tertiary/aromatic N) is 2. The van der Waals surface area contributed by atoms with Gasteiger partial charge in [0.15, 0.2) is 0 Å². The van der Waals surface area contributed by atoms with Crippen LogP contribution in [-0.2, 0) is 6.42 Å². The van der Waals surface area contributed by atoms with Crippen LogP contribution in [0.5, 0.6) is 0 Å². The van der Waals surface area contributed by atoms with Gasteiger partial charge in [-0.25, -0.2) is 0 Å². The van der Waals surface area contributed by atoms with Gasteiger partial charge < -0.3 is 9.13 Å².